The second-order valence-corrected chi connectivity index (χ2v) is 5.33. The highest BCUT2D eigenvalue weighted by Crippen LogP contribution is 2.21. The molecule has 0 saturated carbocycles. The lowest BCUT2D eigenvalue weighted by molar-refractivity contribution is 0.0589. The normalized spacial score (nSPS) is 11.2. The first-order valence-electron chi connectivity index (χ1n) is 5.74. The maximum Gasteiger partial charge on any atom is 0.414 e. The molecular formula is C14H21NO2. The molecule has 0 bridgehead atoms. The number of hydrogen-bond acceptors (Lipinski definition) is 2. The maximum atomic E-state index is 11.9. The summed E-state index contributed by atoms with van der Waals surface area (Å²) >= 11 is 0. The highest BCUT2D eigenvalue weighted by Gasteiger charge is 2.21. The average Bonchev–Trinajstić information content (AvgIpc) is 2.14. The molecular weight excluding hydrogens is 214 g/mol. The first kappa shape index (κ1) is 13.6. The summed E-state index contributed by atoms with van der Waals surface area (Å²) in [6.07, 6.45) is -0.329. The van der Waals surface area contributed by atoms with E-state index in [1.165, 1.54) is 5.56 Å². The monoisotopic (exact) mass is 235 g/mol. The van der Waals surface area contributed by atoms with Gasteiger partial charge in [0.1, 0.15) is 5.60 Å². The molecule has 0 heterocycles. The quantitative estimate of drug-likeness (QED) is 0.743. The molecule has 1 aromatic carbocycles. The van der Waals surface area contributed by atoms with Crippen LogP contribution in [0.3, 0.4) is 0 Å². The van der Waals surface area contributed by atoms with Gasteiger partial charge in [-0.25, -0.2) is 4.79 Å². The highest BCUT2D eigenvalue weighted by atomic mass is 16.6. The van der Waals surface area contributed by atoms with Gasteiger partial charge < -0.3 is 4.74 Å². The first-order valence-corrected chi connectivity index (χ1v) is 5.74. The Bertz CT molecular complexity index is 419. The fraction of sp³-hybridized carbons (Fsp3) is 0.500. The average molecular weight is 235 g/mol. The standard InChI is InChI=1S/C14H21NO2/c1-10-7-8-12(11(2)9-10)15(6)13(16)17-14(3,4)5/h7-9H,1-6H3. The Balaban J connectivity index is 2.89. The van der Waals surface area contributed by atoms with Gasteiger partial charge in [0.25, 0.3) is 0 Å². The van der Waals surface area contributed by atoms with E-state index in [9.17, 15) is 4.79 Å². The van der Waals surface area contributed by atoms with Crippen LogP contribution >= 0.6 is 0 Å². The van der Waals surface area contributed by atoms with Crippen LogP contribution in [-0.4, -0.2) is 18.7 Å². The lowest BCUT2D eigenvalue weighted by Gasteiger charge is -2.25. The van der Waals surface area contributed by atoms with Crippen LogP contribution in [0.15, 0.2) is 18.2 Å². The Morgan fingerprint density at radius 3 is 2.29 bits per heavy atom. The van der Waals surface area contributed by atoms with E-state index in [1.54, 1.807) is 11.9 Å². The molecule has 0 fully saturated rings. The lowest BCUT2D eigenvalue weighted by Crippen LogP contribution is -2.34. The van der Waals surface area contributed by atoms with Crippen molar-refractivity contribution in [2.24, 2.45) is 0 Å². The van der Waals surface area contributed by atoms with E-state index in [4.69, 9.17) is 4.74 Å². The van der Waals surface area contributed by atoms with E-state index in [-0.39, 0.29) is 6.09 Å². The van der Waals surface area contributed by atoms with Crippen LogP contribution in [0.1, 0.15) is 31.9 Å². The number of nitrogens with zero attached hydrogens (tertiary/aromatic N) is 1. The van der Waals surface area contributed by atoms with Gasteiger partial charge >= 0.3 is 6.09 Å². The zero-order chi connectivity index (χ0) is 13.2. The Hall–Kier alpha value is -1.51. The van der Waals surface area contributed by atoms with E-state index in [2.05, 4.69) is 6.07 Å². The molecule has 17 heavy (non-hydrogen) atoms. The topological polar surface area (TPSA) is 29.5 Å². The van der Waals surface area contributed by atoms with Crippen LogP contribution in [0, 0.1) is 13.8 Å². The second kappa shape index (κ2) is 4.78. The molecule has 0 aliphatic carbocycles. The predicted molar refractivity (Wildman–Crippen MR) is 70.6 cm³/mol. The minimum absolute atomic E-state index is 0.329. The molecule has 0 saturated heterocycles. The molecule has 94 valence electrons. The van der Waals surface area contributed by atoms with Crippen molar-refractivity contribution in [2.45, 2.75) is 40.2 Å². The third kappa shape index (κ3) is 3.77. The number of rotatable bonds is 1. The van der Waals surface area contributed by atoms with E-state index in [1.807, 2.05) is 46.8 Å². The molecule has 0 aliphatic rings. The molecule has 0 radical (unpaired) electrons. The van der Waals surface area contributed by atoms with Crippen molar-refractivity contribution < 1.29 is 9.53 Å². The summed E-state index contributed by atoms with van der Waals surface area (Å²) in [5.41, 5.74) is 2.66. The summed E-state index contributed by atoms with van der Waals surface area (Å²) in [5, 5.41) is 0. The van der Waals surface area contributed by atoms with E-state index < -0.39 is 5.60 Å². The minimum atomic E-state index is -0.468. The van der Waals surface area contributed by atoms with Crippen LogP contribution in [-0.2, 0) is 4.74 Å². The van der Waals surface area contributed by atoms with Gasteiger partial charge in [0.05, 0.1) is 0 Å². The predicted octanol–water partition coefficient (Wildman–Crippen LogP) is 3.67. The van der Waals surface area contributed by atoms with Crippen molar-refractivity contribution in [2.75, 3.05) is 11.9 Å². The van der Waals surface area contributed by atoms with Crippen LogP contribution in [0.4, 0.5) is 10.5 Å². The van der Waals surface area contributed by atoms with Gasteiger partial charge in [-0.3, -0.25) is 4.90 Å². The van der Waals surface area contributed by atoms with Gasteiger partial charge in [-0.05, 0) is 46.2 Å². The Kier molecular flexibility index (Phi) is 3.81. The van der Waals surface area contributed by atoms with Crippen LogP contribution in [0.25, 0.3) is 0 Å². The fourth-order valence-corrected chi connectivity index (χ4v) is 1.61. The number of aryl methyl sites for hydroxylation is 2. The molecule has 0 aliphatic heterocycles. The largest absolute Gasteiger partial charge is 0.443 e. The molecule has 0 spiro atoms. The van der Waals surface area contributed by atoms with Crippen LogP contribution < -0.4 is 4.90 Å². The number of hydrogen-bond donors (Lipinski definition) is 0. The van der Waals surface area contributed by atoms with Crippen molar-refractivity contribution >= 4 is 11.8 Å². The van der Waals surface area contributed by atoms with E-state index in [0.717, 1.165) is 11.3 Å². The summed E-state index contributed by atoms with van der Waals surface area (Å²) in [6.45, 7) is 9.61. The lowest BCUT2D eigenvalue weighted by atomic mass is 10.1. The van der Waals surface area contributed by atoms with Crippen molar-refractivity contribution in [1.29, 1.82) is 0 Å². The van der Waals surface area contributed by atoms with Crippen LogP contribution in [0.2, 0.25) is 0 Å². The fourth-order valence-electron chi connectivity index (χ4n) is 1.61. The Morgan fingerprint density at radius 2 is 1.82 bits per heavy atom. The zero-order valence-corrected chi connectivity index (χ0v) is 11.5. The number of carbonyl (C=O) groups excluding carboxylic acids is 1. The van der Waals surface area contributed by atoms with E-state index in [0.29, 0.717) is 0 Å². The van der Waals surface area contributed by atoms with Gasteiger partial charge in [-0.2, -0.15) is 0 Å². The first-order chi connectivity index (χ1) is 7.70. The SMILES string of the molecule is Cc1ccc(N(C)C(=O)OC(C)(C)C)c(C)c1. The molecule has 3 nitrogen and oxygen atoms in total. The van der Waals surface area contributed by atoms with Crippen molar-refractivity contribution in [1.82, 2.24) is 0 Å². The Morgan fingerprint density at radius 1 is 1.24 bits per heavy atom. The van der Waals surface area contributed by atoms with E-state index >= 15 is 0 Å². The maximum absolute atomic E-state index is 11.9. The molecule has 0 N–H and O–H groups in total. The number of anilines is 1. The molecule has 0 atom stereocenters. The Labute approximate surface area is 103 Å². The summed E-state index contributed by atoms with van der Waals surface area (Å²) in [5.74, 6) is 0. The number of benzene rings is 1. The van der Waals surface area contributed by atoms with Gasteiger partial charge in [-0.1, -0.05) is 17.7 Å². The zero-order valence-electron chi connectivity index (χ0n) is 11.5. The van der Waals surface area contributed by atoms with Gasteiger partial charge in [0.15, 0.2) is 0 Å². The summed E-state index contributed by atoms with van der Waals surface area (Å²) < 4.78 is 5.33. The molecule has 1 amide bonds. The molecule has 0 unspecified atom stereocenters. The highest BCUT2D eigenvalue weighted by molar-refractivity contribution is 5.88. The third-order valence-corrected chi connectivity index (χ3v) is 2.38. The molecule has 3 heteroatoms. The second-order valence-electron chi connectivity index (χ2n) is 5.33. The number of amides is 1. The van der Waals surface area contributed by atoms with Crippen molar-refractivity contribution in [3.8, 4) is 0 Å². The number of ether oxygens (including phenoxy) is 1. The van der Waals surface area contributed by atoms with Gasteiger partial charge in [0, 0.05) is 12.7 Å². The number of carbonyl (C=O) groups is 1. The molecule has 0 aromatic heterocycles. The van der Waals surface area contributed by atoms with Crippen molar-refractivity contribution in [3.05, 3.63) is 29.3 Å². The molecule has 1 aromatic rings. The van der Waals surface area contributed by atoms with Crippen molar-refractivity contribution in [3.63, 3.8) is 0 Å². The smallest absolute Gasteiger partial charge is 0.414 e. The van der Waals surface area contributed by atoms with Gasteiger partial charge in [0.2, 0.25) is 0 Å². The van der Waals surface area contributed by atoms with Gasteiger partial charge in [-0.15, -0.1) is 0 Å². The third-order valence-electron chi connectivity index (χ3n) is 2.38. The minimum Gasteiger partial charge on any atom is -0.443 e. The summed E-state index contributed by atoms with van der Waals surface area (Å²) in [6, 6.07) is 5.98. The molecule has 1 rings (SSSR count). The van der Waals surface area contributed by atoms with Crippen LogP contribution in [0.5, 0.6) is 0 Å². The summed E-state index contributed by atoms with van der Waals surface area (Å²) in [4.78, 5) is 13.4. The summed E-state index contributed by atoms with van der Waals surface area (Å²) in [7, 11) is 1.73.